The number of ether oxygens (including phenoxy) is 2. The Kier molecular flexibility index (Phi) is 5.66. The SMILES string of the molecule is COC[C@H](OC)c1ccc(C(=O)CBr)cc1. The van der Waals surface area contributed by atoms with Gasteiger partial charge in [-0.1, -0.05) is 40.2 Å². The predicted octanol–water partition coefficient (Wildman–Crippen LogP) is 2.60. The molecule has 0 fully saturated rings. The van der Waals surface area contributed by atoms with Crippen molar-refractivity contribution in [3.05, 3.63) is 35.4 Å². The van der Waals surface area contributed by atoms with Crippen LogP contribution in [0.5, 0.6) is 0 Å². The summed E-state index contributed by atoms with van der Waals surface area (Å²) in [6.07, 6.45) is -0.0851. The van der Waals surface area contributed by atoms with Crippen molar-refractivity contribution in [3.63, 3.8) is 0 Å². The number of alkyl halides is 1. The number of carbonyl (C=O) groups excluding carboxylic acids is 1. The van der Waals surface area contributed by atoms with Gasteiger partial charge in [0, 0.05) is 19.8 Å². The summed E-state index contributed by atoms with van der Waals surface area (Å²) in [4.78, 5) is 11.4. The average molecular weight is 287 g/mol. The number of ketones is 1. The lowest BCUT2D eigenvalue weighted by Crippen LogP contribution is -2.09. The largest absolute Gasteiger partial charge is 0.382 e. The summed E-state index contributed by atoms with van der Waals surface area (Å²) < 4.78 is 10.3. The normalized spacial score (nSPS) is 12.4. The van der Waals surface area contributed by atoms with Crippen molar-refractivity contribution in [1.82, 2.24) is 0 Å². The Morgan fingerprint density at radius 2 is 1.94 bits per heavy atom. The number of hydrogen-bond acceptors (Lipinski definition) is 3. The third kappa shape index (κ3) is 3.40. The maximum absolute atomic E-state index is 11.4. The zero-order valence-corrected chi connectivity index (χ0v) is 11.0. The van der Waals surface area contributed by atoms with E-state index in [0.717, 1.165) is 5.56 Å². The topological polar surface area (TPSA) is 35.5 Å². The molecule has 0 aromatic heterocycles. The van der Waals surface area contributed by atoms with Gasteiger partial charge in [-0.05, 0) is 5.56 Å². The van der Waals surface area contributed by atoms with Gasteiger partial charge in [0.2, 0.25) is 0 Å². The second-order valence-corrected chi connectivity index (χ2v) is 3.92. The predicted molar refractivity (Wildman–Crippen MR) is 66.2 cm³/mol. The number of carbonyl (C=O) groups is 1. The lowest BCUT2D eigenvalue weighted by atomic mass is 10.1. The molecule has 16 heavy (non-hydrogen) atoms. The third-order valence-corrected chi connectivity index (χ3v) is 2.84. The van der Waals surface area contributed by atoms with E-state index >= 15 is 0 Å². The van der Waals surface area contributed by atoms with Crippen LogP contribution in [0.1, 0.15) is 22.0 Å². The number of Topliss-reactive ketones (excluding diaryl/α,β-unsaturated/α-hetero) is 1. The molecule has 0 aliphatic carbocycles. The van der Waals surface area contributed by atoms with E-state index in [1.807, 2.05) is 12.1 Å². The van der Waals surface area contributed by atoms with Gasteiger partial charge in [0.05, 0.1) is 11.9 Å². The van der Waals surface area contributed by atoms with Gasteiger partial charge in [-0.2, -0.15) is 0 Å². The van der Waals surface area contributed by atoms with Crippen LogP contribution >= 0.6 is 15.9 Å². The number of rotatable bonds is 6. The molecule has 0 spiro atoms. The minimum absolute atomic E-state index is 0.0762. The fraction of sp³-hybridized carbons (Fsp3) is 0.417. The summed E-state index contributed by atoms with van der Waals surface area (Å²) in [5.41, 5.74) is 1.71. The summed E-state index contributed by atoms with van der Waals surface area (Å²) in [7, 11) is 3.27. The monoisotopic (exact) mass is 286 g/mol. The molecule has 1 aromatic rings. The van der Waals surface area contributed by atoms with Gasteiger partial charge in [0.15, 0.2) is 5.78 Å². The minimum atomic E-state index is -0.0851. The second kappa shape index (κ2) is 6.78. The Balaban J connectivity index is 2.80. The molecule has 0 radical (unpaired) electrons. The van der Waals surface area contributed by atoms with Gasteiger partial charge in [-0.25, -0.2) is 0 Å². The highest BCUT2D eigenvalue weighted by molar-refractivity contribution is 9.09. The van der Waals surface area contributed by atoms with Gasteiger partial charge in [0.25, 0.3) is 0 Å². The molecule has 0 saturated heterocycles. The molecule has 88 valence electrons. The molecular weight excluding hydrogens is 272 g/mol. The van der Waals surface area contributed by atoms with Crippen molar-refractivity contribution < 1.29 is 14.3 Å². The van der Waals surface area contributed by atoms with E-state index in [2.05, 4.69) is 15.9 Å². The average Bonchev–Trinajstić information content (AvgIpc) is 2.35. The van der Waals surface area contributed by atoms with E-state index in [1.54, 1.807) is 26.4 Å². The zero-order chi connectivity index (χ0) is 12.0. The van der Waals surface area contributed by atoms with Crippen LogP contribution in [0.25, 0.3) is 0 Å². The van der Waals surface area contributed by atoms with Crippen LogP contribution in [-0.4, -0.2) is 31.9 Å². The number of halogens is 1. The van der Waals surface area contributed by atoms with Crippen LogP contribution in [-0.2, 0) is 9.47 Å². The second-order valence-electron chi connectivity index (χ2n) is 3.36. The molecule has 0 bridgehead atoms. The van der Waals surface area contributed by atoms with Crippen LogP contribution in [0.4, 0.5) is 0 Å². The maximum Gasteiger partial charge on any atom is 0.173 e. The third-order valence-electron chi connectivity index (χ3n) is 2.33. The first-order valence-corrected chi connectivity index (χ1v) is 6.06. The van der Waals surface area contributed by atoms with Crippen molar-refractivity contribution in [2.75, 3.05) is 26.2 Å². The van der Waals surface area contributed by atoms with Crippen molar-refractivity contribution >= 4 is 21.7 Å². The fourth-order valence-corrected chi connectivity index (χ4v) is 1.74. The molecule has 0 saturated carbocycles. The van der Waals surface area contributed by atoms with Crippen LogP contribution in [0.15, 0.2) is 24.3 Å². The minimum Gasteiger partial charge on any atom is -0.382 e. The van der Waals surface area contributed by atoms with E-state index in [0.29, 0.717) is 17.5 Å². The van der Waals surface area contributed by atoms with Gasteiger partial charge >= 0.3 is 0 Å². The molecule has 1 aromatic carbocycles. The summed E-state index contributed by atoms with van der Waals surface area (Å²) >= 11 is 3.14. The van der Waals surface area contributed by atoms with Crippen molar-refractivity contribution in [2.24, 2.45) is 0 Å². The first-order chi connectivity index (χ1) is 7.72. The quantitative estimate of drug-likeness (QED) is 0.596. The van der Waals surface area contributed by atoms with Crippen molar-refractivity contribution in [1.29, 1.82) is 0 Å². The zero-order valence-electron chi connectivity index (χ0n) is 9.40. The highest BCUT2D eigenvalue weighted by Gasteiger charge is 2.11. The molecule has 0 aliphatic heterocycles. The molecule has 0 aliphatic rings. The summed E-state index contributed by atoms with van der Waals surface area (Å²) in [5, 5.41) is 0.345. The Bertz CT molecular complexity index is 335. The highest BCUT2D eigenvalue weighted by Crippen LogP contribution is 2.17. The van der Waals surface area contributed by atoms with Gasteiger partial charge in [-0.15, -0.1) is 0 Å². The maximum atomic E-state index is 11.4. The number of hydrogen-bond donors (Lipinski definition) is 0. The fourth-order valence-electron chi connectivity index (χ4n) is 1.41. The first-order valence-electron chi connectivity index (χ1n) is 4.93. The Morgan fingerprint density at radius 1 is 1.31 bits per heavy atom. The highest BCUT2D eigenvalue weighted by atomic mass is 79.9. The standard InChI is InChI=1S/C12H15BrO3/c1-15-8-12(16-2)10-5-3-9(4-6-10)11(14)7-13/h3-6,12H,7-8H2,1-2H3/t12-/m0/s1. The Morgan fingerprint density at radius 3 is 2.38 bits per heavy atom. The molecule has 0 amide bonds. The molecule has 4 heteroatoms. The van der Waals surface area contributed by atoms with Gasteiger partial charge in [0.1, 0.15) is 6.10 Å². The van der Waals surface area contributed by atoms with Crippen molar-refractivity contribution in [2.45, 2.75) is 6.10 Å². The molecule has 0 unspecified atom stereocenters. The molecular formula is C12H15BrO3. The molecule has 0 heterocycles. The van der Waals surface area contributed by atoms with Gasteiger partial charge in [-0.3, -0.25) is 4.79 Å². The van der Waals surface area contributed by atoms with E-state index in [1.165, 1.54) is 0 Å². The van der Waals surface area contributed by atoms with Crippen LogP contribution < -0.4 is 0 Å². The van der Waals surface area contributed by atoms with E-state index < -0.39 is 0 Å². The number of methoxy groups -OCH3 is 2. The molecule has 3 nitrogen and oxygen atoms in total. The van der Waals surface area contributed by atoms with E-state index in [4.69, 9.17) is 9.47 Å². The first kappa shape index (κ1) is 13.4. The summed E-state index contributed by atoms with van der Waals surface area (Å²) in [6, 6.07) is 7.40. The van der Waals surface area contributed by atoms with Gasteiger partial charge < -0.3 is 9.47 Å². The smallest absolute Gasteiger partial charge is 0.173 e. The summed E-state index contributed by atoms with van der Waals surface area (Å²) in [6.45, 7) is 0.502. The lowest BCUT2D eigenvalue weighted by Gasteiger charge is -2.14. The molecule has 1 rings (SSSR count). The van der Waals surface area contributed by atoms with Crippen LogP contribution in [0.2, 0.25) is 0 Å². The molecule has 0 N–H and O–H groups in total. The summed E-state index contributed by atoms with van der Waals surface area (Å²) in [5.74, 6) is 0.0762. The lowest BCUT2D eigenvalue weighted by molar-refractivity contribution is 0.0275. The Hall–Kier alpha value is -0.710. The Labute approximate surface area is 104 Å². The van der Waals surface area contributed by atoms with Crippen LogP contribution in [0.3, 0.4) is 0 Å². The van der Waals surface area contributed by atoms with E-state index in [9.17, 15) is 4.79 Å². The number of benzene rings is 1. The molecule has 1 atom stereocenters. The van der Waals surface area contributed by atoms with E-state index in [-0.39, 0.29) is 11.9 Å². The van der Waals surface area contributed by atoms with Crippen LogP contribution in [0, 0.1) is 0 Å². The van der Waals surface area contributed by atoms with Crippen molar-refractivity contribution in [3.8, 4) is 0 Å².